The van der Waals surface area contributed by atoms with Crippen molar-refractivity contribution in [1.82, 2.24) is 9.97 Å². The standard InChI is InChI=1S/C21H17N3O2/c1-26-20-12-14(10-11-19(20)25)13-22-16-7-3-2-6-15(16)21-23-17-8-4-5-9-18(17)24-21/h2-13,25H,1H3,(H,23,24). The van der Waals surface area contributed by atoms with E-state index in [1.54, 1.807) is 24.4 Å². The topological polar surface area (TPSA) is 70.5 Å². The Bertz CT molecular complexity index is 1070. The molecular formula is C21H17N3O2. The summed E-state index contributed by atoms with van der Waals surface area (Å²) in [6.07, 6.45) is 1.74. The molecule has 128 valence electrons. The van der Waals surface area contributed by atoms with Gasteiger partial charge < -0.3 is 14.8 Å². The maximum absolute atomic E-state index is 9.70. The highest BCUT2D eigenvalue weighted by atomic mass is 16.5. The molecule has 0 fully saturated rings. The second kappa shape index (κ2) is 6.72. The van der Waals surface area contributed by atoms with Crippen molar-refractivity contribution in [2.75, 3.05) is 7.11 Å². The summed E-state index contributed by atoms with van der Waals surface area (Å²) in [6, 6.07) is 20.9. The molecule has 4 aromatic rings. The van der Waals surface area contributed by atoms with Gasteiger partial charge in [-0.1, -0.05) is 24.3 Å². The minimum absolute atomic E-state index is 0.104. The molecule has 0 unspecified atom stereocenters. The van der Waals surface area contributed by atoms with E-state index in [9.17, 15) is 5.11 Å². The number of ether oxygens (including phenoxy) is 1. The molecule has 0 bridgehead atoms. The Morgan fingerprint density at radius 1 is 1.04 bits per heavy atom. The van der Waals surface area contributed by atoms with Gasteiger partial charge >= 0.3 is 0 Å². The number of phenols is 1. The van der Waals surface area contributed by atoms with E-state index in [4.69, 9.17) is 4.74 Å². The number of nitrogens with zero attached hydrogens (tertiary/aromatic N) is 2. The number of hydrogen-bond acceptors (Lipinski definition) is 4. The Morgan fingerprint density at radius 3 is 2.69 bits per heavy atom. The van der Waals surface area contributed by atoms with Crippen LogP contribution >= 0.6 is 0 Å². The number of imidazole rings is 1. The van der Waals surface area contributed by atoms with Gasteiger partial charge in [-0.25, -0.2) is 4.98 Å². The number of aromatic nitrogens is 2. The number of aromatic hydroxyl groups is 1. The van der Waals surface area contributed by atoms with Gasteiger partial charge in [0.2, 0.25) is 0 Å². The second-order valence-electron chi connectivity index (χ2n) is 5.81. The Hall–Kier alpha value is -3.60. The summed E-state index contributed by atoms with van der Waals surface area (Å²) in [5.74, 6) is 1.30. The summed E-state index contributed by atoms with van der Waals surface area (Å²) in [5, 5.41) is 9.70. The minimum atomic E-state index is 0.104. The number of benzene rings is 3. The Morgan fingerprint density at radius 2 is 1.85 bits per heavy atom. The van der Waals surface area contributed by atoms with Crippen molar-refractivity contribution in [2.24, 2.45) is 4.99 Å². The third-order valence-electron chi connectivity index (χ3n) is 4.11. The van der Waals surface area contributed by atoms with Gasteiger partial charge in [-0.15, -0.1) is 0 Å². The number of methoxy groups -OCH3 is 1. The summed E-state index contributed by atoms with van der Waals surface area (Å²) in [6.45, 7) is 0. The van der Waals surface area contributed by atoms with Crippen molar-refractivity contribution in [2.45, 2.75) is 0 Å². The molecule has 2 N–H and O–H groups in total. The molecule has 0 spiro atoms. The molecule has 1 heterocycles. The number of H-pyrrole nitrogens is 1. The molecule has 1 aromatic heterocycles. The molecule has 0 aliphatic carbocycles. The quantitative estimate of drug-likeness (QED) is 0.528. The van der Waals surface area contributed by atoms with Gasteiger partial charge in [0.1, 0.15) is 5.82 Å². The zero-order valence-electron chi connectivity index (χ0n) is 14.2. The van der Waals surface area contributed by atoms with Crippen LogP contribution in [0.3, 0.4) is 0 Å². The molecule has 0 aliphatic rings. The molecule has 5 nitrogen and oxygen atoms in total. The third kappa shape index (κ3) is 3.02. The van der Waals surface area contributed by atoms with Crippen molar-refractivity contribution < 1.29 is 9.84 Å². The molecule has 0 saturated heterocycles. The molecule has 0 aliphatic heterocycles. The van der Waals surface area contributed by atoms with Crippen molar-refractivity contribution in [3.63, 3.8) is 0 Å². The van der Waals surface area contributed by atoms with E-state index in [2.05, 4.69) is 15.0 Å². The Kier molecular flexibility index (Phi) is 4.11. The highest BCUT2D eigenvalue weighted by molar-refractivity contribution is 5.87. The Labute approximate surface area is 150 Å². The zero-order valence-corrected chi connectivity index (χ0v) is 14.2. The second-order valence-corrected chi connectivity index (χ2v) is 5.81. The molecule has 0 amide bonds. The largest absolute Gasteiger partial charge is 0.504 e. The summed E-state index contributed by atoms with van der Waals surface area (Å²) in [4.78, 5) is 12.6. The molecule has 5 heteroatoms. The lowest BCUT2D eigenvalue weighted by molar-refractivity contribution is 0.373. The number of nitrogens with one attached hydrogen (secondary N) is 1. The lowest BCUT2D eigenvalue weighted by Gasteiger charge is -2.04. The number of rotatable bonds is 4. The molecule has 4 rings (SSSR count). The fourth-order valence-corrected chi connectivity index (χ4v) is 2.79. The van der Waals surface area contributed by atoms with Gasteiger partial charge in [0, 0.05) is 11.8 Å². The van der Waals surface area contributed by atoms with E-state index in [0.29, 0.717) is 5.75 Å². The van der Waals surface area contributed by atoms with Crippen LogP contribution in [0.2, 0.25) is 0 Å². The van der Waals surface area contributed by atoms with E-state index in [0.717, 1.165) is 33.7 Å². The van der Waals surface area contributed by atoms with Crippen LogP contribution in [-0.4, -0.2) is 28.4 Å². The normalized spacial score (nSPS) is 11.3. The lowest BCUT2D eigenvalue weighted by Crippen LogP contribution is -1.87. The summed E-state index contributed by atoms with van der Waals surface area (Å²) in [7, 11) is 1.52. The molecular weight excluding hydrogens is 326 g/mol. The van der Waals surface area contributed by atoms with Gasteiger partial charge in [0.05, 0.1) is 23.8 Å². The van der Waals surface area contributed by atoms with Crippen LogP contribution in [0.4, 0.5) is 5.69 Å². The van der Waals surface area contributed by atoms with Crippen molar-refractivity contribution >= 4 is 22.9 Å². The first kappa shape index (κ1) is 15.9. The van der Waals surface area contributed by atoms with Crippen molar-refractivity contribution in [1.29, 1.82) is 0 Å². The lowest BCUT2D eigenvalue weighted by atomic mass is 10.1. The van der Waals surface area contributed by atoms with Gasteiger partial charge in [-0.3, -0.25) is 4.99 Å². The van der Waals surface area contributed by atoms with E-state index < -0.39 is 0 Å². The maximum Gasteiger partial charge on any atom is 0.161 e. The van der Waals surface area contributed by atoms with Crippen molar-refractivity contribution in [3.05, 3.63) is 72.3 Å². The fourth-order valence-electron chi connectivity index (χ4n) is 2.79. The smallest absolute Gasteiger partial charge is 0.161 e. The first-order valence-electron chi connectivity index (χ1n) is 8.20. The van der Waals surface area contributed by atoms with Gasteiger partial charge in [-0.2, -0.15) is 0 Å². The van der Waals surface area contributed by atoms with E-state index in [-0.39, 0.29) is 5.75 Å². The number of phenolic OH excluding ortho intramolecular Hbond substituents is 1. The predicted molar refractivity (Wildman–Crippen MR) is 103 cm³/mol. The van der Waals surface area contributed by atoms with Crippen LogP contribution in [0.25, 0.3) is 22.4 Å². The fraction of sp³-hybridized carbons (Fsp3) is 0.0476. The average Bonchev–Trinajstić information content (AvgIpc) is 3.11. The average molecular weight is 343 g/mol. The van der Waals surface area contributed by atoms with Gasteiger partial charge in [-0.05, 0) is 48.0 Å². The first-order valence-corrected chi connectivity index (χ1v) is 8.20. The summed E-state index contributed by atoms with van der Waals surface area (Å²) >= 11 is 0. The van der Waals surface area contributed by atoms with Crippen molar-refractivity contribution in [3.8, 4) is 22.9 Å². The van der Waals surface area contributed by atoms with Crippen LogP contribution in [0.15, 0.2) is 71.7 Å². The number of hydrogen-bond donors (Lipinski definition) is 2. The molecule has 26 heavy (non-hydrogen) atoms. The number of fused-ring (bicyclic) bond motifs is 1. The molecule has 0 atom stereocenters. The van der Waals surface area contributed by atoms with Crippen LogP contribution in [0, 0.1) is 0 Å². The zero-order chi connectivity index (χ0) is 17.9. The first-order chi connectivity index (χ1) is 12.7. The maximum atomic E-state index is 9.70. The highest BCUT2D eigenvalue weighted by Gasteiger charge is 2.09. The number of aliphatic imine (C=N–C) groups is 1. The third-order valence-corrected chi connectivity index (χ3v) is 4.11. The van der Waals surface area contributed by atoms with E-state index in [1.807, 2.05) is 48.5 Å². The number of para-hydroxylation sites is 3. The highest BCUT2D eigenvalue weighted by Crippen LogP contribution is 2.30. The number of aromatic amines is 1. The van der Waals surface area contributed by atoms with Gasteiger partial charge in [0.15, 0.2) is 11.5 Å². The predicted octanol–water partition coefficient (Wildman–Crippen LogP) is 4.69. The molecule has 0 saturated carbocycles. The summed E-state index contributed by atoms with van der Waals surface area (Å²) in [5.41, 5.74) is 4.47. The molecule has 0 radical (unpaired) electrons. The monoisotopic (exact) mass is 343 g/mol. The Balaban J connectivity index is 1.72. The minimum Gasteiger partial charge on any atom is -0.504 e. The molecule has 3 aromatic carbocycles. The van der Waals surface area contributed by atoms with Crippen LogP contribution in [0.1, 0.15) is 5.56 Å². The van der Waals surface area contributed by atoms with E-state index >= 15 is 0 Å². The van der Waals surface area contributed by atoms with Crippen LogP contribution in [0.5, 0.6) is 11.5 Å². The van der Waals surface area contributed by atoms with E-state index in [1.165, 1.54) is 7.11 Å². The van der Waals surface area contributed by atoms with Gasteiger partial charge in [0.25, 0.3) is 0 Å². The summed E-state index contributed by atoms with van der Waals surface area (Å²) < 4.78 is 5.14. The van der Waals surface area contributed by atoms with Crippen LogP contribution < -0.4 is 4.74 Å². The SMILES string of the molecule is COc1cc(C=Nc2ccccc2-c2nc3ccccc3[nH]2)ccc1O. The van der Waals surface area contributed by atoms with Crippen LogP contribution in [-0.2, 0) is 0 Å².